The van der Waals surface area contributed by atoms with Gasteiger partial charge in [0.2, 0.25) is 5.88 Å². The Morgan fingerprint density at radius 3 is 2.89 bits per heavy atom. The lowest BCUT2D eigenvalue weighted by Crippen LogP contribution is -2.30. The van der Waals surface area contributed by atoms with Crippen LogP contribution in [0.2, 0.25) is 5.15 Å². The third kappa shape index (κ3) is 5.33. The van der Waals surface area contributed by atoms with Crippen LogP contribution in [0.3, 0.4) is 0 Å². The maximum absolute atomic E-state index is 13.8. The number of fused-ring (bicyclic) bond motifs is 1. The van der Waals surface area contributed by atoms with E-state index in [1.54, 1.807) is 0 Å². The van der Waals surface area contributed by atoms with E-state index in [1.807, 2.05) is 18.9 Å². The Morgan fingerprint density at radius 2 is 2.22 bits per heavy atom. The molecule has 36 heavy (non-hydrogen) atoms. The van der Waals surface area contributed by atoms with E-state index in [0.717, 1.165) is 23.3 Å². The fourth-order valence-corrected chi connectivity index (χ4v) is 6.32. The van der Waals surface area contributed by atoms with Crippen molar-refractivity contribution in [2.45, 2.75) is 63.6 Å². The van der Waals surface area contributed by atoms with Gasteiger partial charge >= 0.3 is 0 Å². The number of ether oxygens (including phenoxy) is 1. The summed E-state index contributed by atoms with van der Waals surface area (Å²) in [6, 6.07) is 3.58. The Morgan fingerprint density at radius 1 is 1.44 bits per heavy atom. The third-order valence-electron chi connectivity index (χ3n) is 6.82. The molecule has 0 unspecified atom stereocenters. The molecule has 1 aliphatic carbocycles. The van der Waals surface area contributed by atoms with E-state index < -0.39 is 12.1 Å². The number of thiophene rings is 1. The number of alkyl halides is 1. The molecule has 2 aliphatic rings. The number of Topliss-reactive ketones (excluding diaryl/α,β-unsaturated/α-hetero) is 1. The van der Waals surface area contributed by atoms with E-state index in [9.17, 15) is 14.4 Å². The van der Waals surface area contributed by atoms with Gasteiger partial charge in [0.25, 0.3) is 0 Å². The number of hydrogen-bond acceptors (Lipinski definition) is 9. The highest BCUT2D eigenvalue weighted by atomic mass is 35.5. The highest BCUT2D eigenvalue weighted by Crippen LogP contribution is 2.44. The number of nitrogen functional groups attached to an aromatic ring is 1. The predicted molar refractivity (Wildman–Crippen MR) is 139 cm³/mol. The summed E-state index contributed by atoms with van der Waals surface area (Å²) in [5, 5.41) is 10.2. The summed E-state index contributed by atoms with van der Waals surface area (Å²) in [5.74, 6) is -0.307. The number of rotatable bonds is 8. The zero-order chi connectivity index (χ0) is 26.0. The standard InChI is InChI=1S/C25H30ClFN6O2S/c1-3-5-16(23(34)15-6-4-7-18-21(15)17(10-28)24(30)36-18)22(29)25-31-19(26)9-20(32-25)35-12-14-8-13(27)11-33(14)2/h9,13-15H,3-8,11-12,29-30H2,1-2H3/b22-16-/t13-,14-,15-/m0/s1. The smallest absolute Gasteiger partial charge is 0.218 e. The highest BCUT2D eigenvalue weighted by Gasteiger charge is 2.35. The summed E-state index contributed by atoms with van der Waals surface area (Å²) < 4.78 is 19.5. The molecule has 3 atom stereocenters. The molecule has 0 amide bonds. The molecule has 192 valence electrons. The van der Waals surface area contributed by atoms with Crippen LogP contribution >= 0.6 is 22.9 Å². The molecule has 4 N–H and O–H groups in total. The number of likely N-dealkylation sites (tertiary alicyclic amines) is 1. The largest absolute Gasteiger partial charge is 0.476 e. The molecule has 1 fully saturated rings. The fourth-order valence-electron chi connectivity index (χ4n) is 5.02. The van der Waals surface area contributed by atoms with Crippen LogP contribution in [-0.4, -0.2) is 53.1 Å². The summed E-state index contributed by atoms with van der Waals surface area (Å²) in [6.07, 6.45) is 2.86. The van der Waals surface area contributed by atoms with Crippen molar-refractivity contribution in [2.24, 2.45) is 5.73 Å². The first-order chi connectivity index (χ1) is 17.2. The molecule has 1 aliphatic heterocycles. The van der Waals surface area contributed by atoms with Crippen LogP contribution in [0, 0.1) is 11.3 Å². The van der Waals surface area contributed by atoms with Gasteiger partial charge in [0.15, 0.2) is 11.6 Å². The first-order valence-corrected chi connectivity index (χ1v) is 13.3. The first kappa shape index (κ1) is 26.3. The van der Waals surface area contributed by atoms with Crippen molar-refractivity contribution in [1.29, 1.82) is 5.26 Å². The SMILES string of the molecule is CCC/C(C(=O)[C@H]1CCCc2sc(N)c(C#N)c21)=C(/N)c1nc(Cl)cc(OC[C@@H]2C[C@H](F)CN2C)n1. The predicted octanol–water partition coefficient (Wildman–Crippen LogP) is 4.23. The number of aromatic nitrogens is 2. The van der Waals surface area contributed by atoms with Crippen LogP contribution in [0.5, 0.6) is 5.88 Å². The average molecular weight is 533 g/mol. The van der Waals surface area contributed by atoms with Crippen molar-refractivity contribution < 1.29 is 13.9 Å². The number of aryl methyl sites for hydroxylation is 1. The van der Waals surface area contributed by atoms with Crippen LogP contribution in [0.1, 0.15) is 66.8 Å². The number of nitriles is 1. The molecule has 8 nitrogen and oxygen atoms in total. The Hall–Kier alpha value is -2.74. The van der Waals surface area contributed by atoms with Crippen LogP contribution < -0.4 is 16.2 Å². The molecule has 0 spiro atoms. The summed E-state index contributed by atoms with van der Waals surface area (Å²) in [7, 11) is 1.85. The maximum atomic E-state index is 13.8. The van der Waals surface area contributed by atoms with Gasteiger partial charge < -0.3 is 16.2 Å². The number of likely N-dealkylation sites (N-methyl/N-ethyl adjacent to an activating group) is 1. The number of halogens is 2. The molecule has 1 saturated heterocycles. The van der Waals surface area contributed by atoms with Crippen molar-refractivity contribution in [3.05, 3.63) is 38.6 Å². The van der Waals surface area contributed by atoms with Gasteiger partial charge in [-0.25, -0.2) is 9.37 Å². The van der Waals surface area contributed by atoms with Gasteiger partial charge in [-0.2, -0.15) is 10.2 Å². The molecule has 2 aromatic rings. The second kappa shape index (κ2) is 11.1. The number of hydrogen-bond donors (Lipinski definition) is 2. The molecular formula is C25H30ClFN6O2S. The number of nitrogens with zero attached hydrogens (tertiary/aromatic N) is 4. The van der Waals surface area contributed by atoms with E-state index in [2.05, 4.69) is 16.0 Å². The molecule has 2 aromatic heterocycles. The average Bonchev–Trinajstić information content (AvgIpc) is 3.35. The summed E-state index contributed by atoms with van der Waals surface area (Å²) in [4.78, 5) is 25.4. The minimum Gasteiger partial charge on any atom is -0.476 e. The van der Waals surface area contributed by atoms with Crippen LogP contribution in [0.4, 0.5) is 9.39 Å². The Bertz CT molecular complexity index is 1230. The summed E-state index contributed by atoms with van der Waals surface area (Å²) in [6.45, 7) is 2.57. The van der Waals surface area contributed by atoms with Crippen LogP contribution in [-0.2, 0) is 11.2 Å². The topological polar surface area (TPSA) is 131 Å². The lowest BCUT2D eigenvalue weighted by molar-refractivity contribution is -0.117. The molecule has 0 saturated carbocycles. The minimum atomic E-state index is -0.880. The Labute approximate surface area is 219 Å². The van der Waals surface area contributed by atoms with Crippen molar-refractivity contribution in [1.82, 2.24) is 14.9 Å². The van der Waals surface area contributed by atoms with E-state index in [0.29, 0.717) is 48.4 Å². The number of allylic oxidation sites excluding steroid dienone is 1. The quantitative estimate of drug-likeness (QED) is 0.381. The van der Waals surface area contributed by atoms with Gasteiger partial charge in [0, 0.05) is 35.0 Å². The van der Waals surface area contributed by atoms with Crippen molar-refractivity contribution in [2.75, 3.05) is 25.9 Å². The normalized spacial score (nSPS) is 22.6. The zero-order valence-corrected chi connectivity index (χ0v) is 22.0. The van der Waals surface area contributed by atoms with Crippen molar-refractivity contribution in [3.63, 3.8) is 0 Å². The van der Waals surface area contributed by atoms with Gasteiger partial charge in [0.1, 0.15) is 29.0 Å². The van der Waals surface area contributed by atoms with Crippen molar-refractivity contribution in [3.8, 4) is 11.9 Å². The molecule has 0 bridgehead atoms. The maximum Gasteiger partial charge on any atom is 0.218 e. The van der Waals surface area contributed by atoms with Crippen LogP contribution in [0.15, 0.2) is 11.6 Å². The molecular weight excluding hydrogens is 503 g/mol. The monoisotopic (exact) mass is 532 g/mol. The minimum absolute atomic E-state index is 0.0739. The summed E-state index contributed by atoms with van der Waals surface area (Å²) in [5.41, 5.74) is 14.3. The van der Waals surface area contributed by atoms with Gasteiger partial charge in [0.05, 0.1) is 11.3 Å². The number of carbonyl (C=O) groups excluding carboxylic acids is 1. The summed E-state index contributed by atoms with van der Waals surface area (Å²) >= 11 is 7.63. The van der Waals surface area contributed by atoms with Gasteiger partial charge in [-0.1, -0.05) is 24.9 Å². The Kier molecular flexibility index (Phi) is 8.13. The van der Waals surface area contributed by atoms with Crippen molar-refractivity contribution >= 4 is 39.4 Å². The highest BCUT2D eigenvalue weighted by molar-refractivity contribution is 7.16. The molecule has 0 aromatic carbocycles. The molecule has 4 rings (SSSR count). The second-order valence-corrected chi connectivity index (χ2v) is 10.9. The lowest BCUT2D eigenvalue weighted by Gasteiger charge is -2.24. The van der Waals surface area contributed by atoms with E-state index in [-0.39, 0.29) is 41.0 Å². The fraction of sp³-hybridized carbons (Fsp3) is 0.520. The van der Waals surface area contributed by atoms with E-state index >= 15 is 0 Å². The number of carbonyl (C=O) groups is 1. The first-order valence-electron chi connectivity index (χ1n) is 12.1. The number of anilines is 1. The zero-order valence-electron chi connectivity index (χ0n) is 20.4. The molecule has 11 heteroatoms. The van der Waals surface area contributed by atoms with Gasteiger partial charge in [-0.15, -0.1) is 11.3 Å². The number of nitrogens with two attached hydrogens (primary N) is 2. The second-order valence-electron chi connectivity index (χ2n) is 9.33. The molecule has 3 heterocycles. The molecule has 0 radical (unpaired) electrons. The third-order valence-corrected chi connectivity index (χ3v) is 8.11. The number of ketones is 1. The van der Waals surface area contributed by atoms with Gasteiger partial charge in [-0.3, -0.25) is 9.69 Å². The van der Waals surface area contributed by atoms with Gasteiger partial charge in [-0.05, 0) is 44.7 Å². The van der Waals surface area contributed by atoms with Crippen LogP contribution in [0.25, 0.3) is 5.70 Å². The Balaban J connectivity index is 1.64. The lowest BCUT2D eigenvalue weighted by atomic mass is 9.79. The van der Waals surface area contributed by atoms with E-state index in [4.69, 9.17) is 27.8 Å². The van der Waals surface area contributed by atoms with E-state index in [1.165, 1.54) is 17.4 Å².